The number of rotatable bonds is 2. The minimum Gasteiger partial charge on any atom is -0.422 e. The van der Waals surface area contributed by atoms with Gasteiger partial charge >= 0.3 is 0 Å². The Morgan fingerprint density at radius 2 is 2.13 bits per heavy atom. The van der Waals surface area contributed by atoms with Gasteiger partial charge in [-0.2, -0.15) is 0 Å². The first-order valence-electron chi connectivity index (χ1n) is 5.17. The first kappa shape index (κ1) is 9.96. The zero-order valence-corrected chi connectivity index (χ0v) is 9.24. The van der Waals surface area contributed by atoms with Crippen LogP contribution in [0.3, 0.4) is 0 Å². The molecule has 2 aromatic rings. The maximum absolute atomic E-state index is 5.84. The van der Waals surface area contributed by atoms with Gasteiger partial charge < -0.3 is 10.2 Å². The van der Waals surface area contributed by atoms with Crippen molar-refractivity contribution in [2.24, 2.45) is 0 Å². The monoisotopic (exact) mass is 205 g/mol. The number of hydrogen-bond acceptors (Lipinski definition) is 4. The van der Waals surface area contributed by atoms with Gasteiger partial charge in [0.15, 0.2) is 5.89 Å². The molecule has 0 saturated carbocycles. The summed E-state index contributed by atoms with van der Waals surface area (Å²) in [5.41, 5.74) is 8.73. The first-order valence-corrected chi connectivity index (χ1v) is 5.17. The SMILES string of the molecule is CCc1nc2oc(C(C)C)nc2cc1N. The number of anilines is 1. The van der Waals surface area contributed by atoms with Gasteiger partial charge in [0.05, 0.1) is 11.4 Å². The molecule has 0 unspecified atom stereocenters. The molecule has 4 nitrogen and oxygen atoms in total. The number of oxazole rings is 1. The van der Waals surface area contributed by atoms with Crippen molar-refractivity contribution in [3.63, 3.8) is 0 Å². The second kappa shape index (κ2) is 3.53. The molecule has 0 aliphatic heterocycles. The quantitative estimate of drug-likeness (QED) is 0.818. The molecular weight excluding hydrogens is 190 g/mol. The molecule has 0 bridgehead atoms. The van der Waals surface area contributed by atoms with Gasteiger partial charge in [-0.25, -0.2) is 9.97 Å². The van der Waals surface area contributed by atoms with Gasteiger partial charge in [0, 0.05) is 5.92 Å². The second-order valence-electron chi connectivity index (χ2n) is 3.91. The van der Waals surface area contributed by atoms with E-state index in [0.29, 0.717) is 17.3 Å². The third kappa shape index (κ3) is 1.67. The number of hydrogen-bond donors (Lipinski definition) is 1. The maximum Gasteiger partial charge on any atom is 0.247 e. The fourth-order valence-corrected chi connectivity index (χ4v) is 1.46. The summed E-state index contributed by atoms with van der Waals surface area (Å²) in [4.78, 5) is 8.68. The van der Waals surface area contributed by atoms with E-state index in [2.05, 4.69) is 9.97 Å². The van der Waals surface area contributed by atoms with E-state index in [4.69, 9.17) is 10.2 Å². The Morgan fingerprint density at radius 3 is 2.73 bits per heavy atom. The second-order valence-corrected chi connectivity index (χ2v) is 3.91. The van der Waals surface area contributed by atoms with E-state index in [1.165, 1.54) is 0 Å². The van der Waals surface area contributed by atoms with Gasteiger partial charge in [-0.05, 0) is 12.5 Å². The Balaban J connectivity index is 2.61. The predicted octanol–water partition coefficient (Wildman–Crippen LogP) is 2.49. The lowest BCUT2D eigenvalue weighted by molar-refractivity contribution is 0.494. The molecule has 0 amide bonds. The number of nitrogen functional groups attached to an aromatic ring is 1. The van der Waals surface area contributed by atoms with Crippen molar-refractivity contribution in [1.29, 1.82) is 0 Å². The van der Waals surface area contributed by atoms with E-state index in [0.717, 1.165) is 17.6 Å². The Morgan fingerprint density at radius 1 is 1.40 bits per heavy atom. The molecule has 2 heterocycles. The minimum atomic E-state index is 0.269. The van der Waals surface area contributed by atoms with E-state index >= 15 is 0 Å². The molecule has 80 valence electrons. The summed E-state index contributed by atoms with van der Waals surface area (Å²) in [6, 6.07) is 1.83. The van der Waals surface area contributed by atoms with Crippen LogP contribution in [0.25, 0.3) is 11.2 Å². The highest BCUT2D eigenvalue weighted by Crippen LogP contribution is 2.22. The molecule has 0 saturated heterocycles. The Kier molecular flexibility index (Phi) is 2.34. The van der Waals surface area contributed by atoms with E-state index in [1.807, 2.05) is 26.8 Å². The largest absolute Gasteiger partial charge is 0.422 e. The first-order chi connectivity index (χ1) is 7.11. The summed E-state index contributed by atoms with van der Waals surface area (Å²) in [6.07, 6.45) is 0.805. The van der Waals surface area contributed by atoms with Crippen LogP contribution in [-0.2, 0) is 6.42 Å². The Bertz CT molecular complexity index is 488. The minimum absolute atomic E-state index is 0.269. The summed E-state index contributed by atoms with van der Waals surface area (Å²) in [5.74, 6) is 0.982. The molecule has 0 aliphatic rings. The number of aryl methyl sites for hydroxylation is 1. The van der Waals surface area contributed by atoms with Crippen LogP contribution in [0.4, 0.5) is 5.69 Å². The van der Waals surface area contributed by atoms with Crippen LogP contribution in [-0.4, -0.2) is 9.97 Å². The number of nitrogens with two attached hydrogens (primary N) is 1. The zero-order chi connectivity index (χ0) is 11.0. The number of aromatic nitrogens is 2. The topological polar surface area (TPSA) is 64.9 Å². The van der Waals surface area contributed by atoms with Gasteiger partial charge in [0.2, 0.25) is 5.71 Å². The van der Waals surface area contributed by atoms with Crippen molar-refractivity contribution in [2.45, 2.75) is 33.1 Å². The standard InChI is InChI=1S/C11H15N3O/c1-4-8-7(12)5-9-11(13-8)15-10(14-9)6(2)3/h5-6H,4,12H2,1-3H3. The molecule has 0 atom stereocenters. The summed E-state index contributed by atoms with van der Waals surface area (Å²) < 4.78 is 5.55. The van der Waals surface area contributed by atoms with Gasteiger partial charge in [0.25, 0.3) is 0 Å². The summed E-state index contributed by atoms with van der Waals surface area (Å²) in [6.45, 7) is 6.09. The van der Waals surface area contributed by atoms with Crippen molar-refractivity contribution in [3.05, 3.63) is 17.7 Å². The molecule has 0 radical (unpaired) electrons. The predicted molar refractivity (Wildman–Crippen MR) is 59.7 cm³/mol. The molecule has 15 heavy (non-hydrogen) atoms. The molecule has 2 aromatic heterocycles. The van der Waals surface area contributed by atoms with Gasteiger partial charge in [-0.1, -0.05) is 20.8 Å². The number of nitrogens with zero attached hydrogens (tertiary/aromatic N) is 2. The van der Waals surface area contributed by atoms with E-state index in [9.17, 15) is 0 Å². The Hall–Kier alpha value is -1.58. The fraction of sp³-hybridized carbons (Fsp3) is 0.455. The number of pyridine rings is 1. The third-order valence-electron chi connectivity index (χ3n) is 2.34. The molecule has 2 N–H and O–H groups in total. The molecule has 0 aliphatic carbocycles. The van der Waals surface area contributed by atoms with Gasteiger partial charge in [-0.15, -0.1) is 0 Å². The zero-order valence-electron chi connectivity index (χ0n) is 9.24. The van der Waals surface area contributed by atoms with Crippen LogP contribution >= 0.6 is 0 Å². The molecular formula is C11H15N3O. The van der Waals surface area contributed by atoms with E-state index in [1.54, 1.807) is 0 Å². The lowest BCUT2D eigenvalue weighted by atomic mass is 10.2. The van der Waals surface area contributed by atoms with Crippen LogP contribution in [0.15, 0.2) is 10.5 Å². The van der Waals surface area contributed by atoms with E-state index in [-0.39, 0.29) is 5.92 Å². The molecule has 0 spiro atoms. The third-order valence-corrected chi connectivity index (χ3v) is 2.34. The van der Waals surface area contributed by atoms with Crippen LogP contribution in [0.5, 0.6) is 0 Å². The smallest absolute Gasteiger partial charge is 0.247 e. The van der Waals surface area contributed by atoms with Gasteiger partial charge in [0.1, 0.15) is 5.52 Å². The van der Waals surface area contributed by atoms with Crippen LogP contribution < -0.4 is 5.73 Å². The summed E-state index contributed by atoms with van der Waals surface area (Å²) >= 11 is 0. The van der Waals surface area contributed by atoms with Crippen molar-refractivity contribution in [1.82, 2.24) is 9.97 Å². The molecule has 0 aromatic carbocycles. The molecule has 0 fully saturated rings. The van der Waals surface area contributed by atoms with Crippen LogP contribution in [0.1, 0.15) is 38.3 Å². The van der Waals surface area contributed by atoms with Crippen molar-refractivity contribution in [3.8, 4) is 0 Å². The lowest BCUT2D eigenvalue weighted by Gasteiger charge is -1.98. The van der Waals surface area contributed by atoms with Gasteiger partial charge in [-0.3, -0.25) is 0 Å². The molecule has 2 rings (SSSR count). The van der Waals surface area contributed by atoms with Crippen molar-refractivity contribution < 1.29 is 4.42 Å². The van der Waals surface area contributed by atoms with Crippen molar-refractivity contribution in [2.75, 3.05) is 5.73 Å². The average Bonchev–Trinajstić information content (AvgIpc) is 2.59. The number of fused-ring (bicyclic) bond motifs is 1. The van der Waals surface area contributed by atoms with E-state index < -0.39 is 0 Å². The highest BCUT2D eigenvalue weighted by molar-refractivity contribution is 5.73. The van der Waals surface area contributed by atoms with Crippen molar-refractivity contribution >= 4 is 16.9 Å². The Labute approximate surface area is 88.5 Å². The average molecular weight is 205 g/mol. The summed E-state index contributed by atoms with van der Waals surface area (Å²) in [5, 5.41) is 0. The highest BCUT2D eigenvalue weighted by atomic mass is 16.4. The van der Waals surface area contributed by atoms with Crippen LogP contribution in [0.2, 0.25) is 0 Å². The normalized spacial score (nSPS) is 11.5. The maximum atomic E-state index is 5.84. The highest BCUT2D eigenvalue weighted by Gasteiger charge is 2.12. The van der Waals surface area contributed by atoms with Crippen LogP contribution in [0, 0.1) is 0 Å². The fourth-order valence-electron chi connectivity index (χ4n) is 1.46. The molecule has 4 heteroatoms. The lowest BCUT2D eigenvalue weighted by Crippen LogP contribution is -1.95. The summed E-state index contributed by atoms with van der Waals surface area (Å²) in [7, 11) is 0.